The number of rotatable bonds is 2. The molecule has 3 rings (SSSR count). The SMILES string of the molecule is CNc1cc(-c2n[nH]c3ncc(C)nc23)ncc1F. The van der Waals surface area contributed by atoms with Crippen molar-refractivity contribution in [2.24, 2.45) is 0 Å². The molecule has 0 bridgehead atoms. The van der Waals surface area contributed by atoms with Crippen LogP contribution in [-0.4, -0.2) is 32.2 Å². The molecule has 0 amide bonds. The zero-order valence-electron chi connectivity index (χ0n) is 10.4. The molecule has 0 aliphatic carbocycles. The fourth-order valence-corrected chi connectivity index (χ4v) is 1.82. The molecule has 0 aromatic carbocycles. The number of pyridine rings is 1. The van der Waals surface area contributed by atoms with Crippen molar-refractivity contribution in [2.75, 3.05) is 12.4 Å². The molecule has 96 valence electrons. The van der Waals surface area contributed by atoms with Crippen molar-refractivity contribution in [2.45, 2.75) is 6.92 Å². The van der Waals surface area contributed by atoms with E-state index in [9.17, 15) is 4.39 Å². The Labute approximate surface area is 108 Å². The number of halogens is 1. The number of nitrogens with zero attached hydrogens (tertiary/aromatic N) is 4. The first-order valence-electron chi connectivity index (χ1n) is 5.70. The van der Waals surface area contributed by atoms with Gasteiger partial charge in [0.25, 0.3) is 0 Å². The lowest BCUT2D eigenvalue weighted by atomic mass is 10.2. The van der Waals surface area contributed by atoms with Gasteiger partial charge in [-0.2, -0.15) is 5.10 Å². The minimum atomic E-state index is -0.409. The zero-order chi connectivity index (χ0) is 13.4. The third kappa shape index (κ3) is 1.88. The maximum Gasteiger partial charge on any atom is 0.174 e. The second-order valence-electron chi connectivity index (χ2n) is 4.08. The molecule has 0 aliphatic rings. The molecule has 0 saturated carbocycles. The van der Waals surface area contributed by atoms with Gasteiger partial charge >= 0.3 is 0 Å². The van der Waals surface area contributed by atoms with Crippen LogP contribution in [0.3, 0.4) is 0 Å². The van der Waals surface area contributed by atoms with Crippen LogP contribution in [0.5, 0.6) is 0 Å². The molecule has 0 fully saturated rings. The number of anilines is 1. The van der Waals surface area contributed by atoms with Crippen LogP contribution in [0.4, 0.5) is 10.1 Å². The van der Waals surface area contributed by atoms with Crippen molar-refractivity contribution in [3.8, 4) is 11.4 Å². The highest BCUT2D eigenvalue weighted by Crippen LogP contribution is 2.25. The van der Waals surface area contributed by atoms with Gasteiger partial charge in [-0.05, 0) is 13.0 Å². The summed E-state index contributed by atoms with van der Waals surface area (Å²) in [6, 6.07) is 1.59. The third-order valence-electron chi connectivity index (χ3n) is 2.76. The van der Waals surface area contributed by atoms with Crippen molar-refractivity contribution in [1.82, 2.24) is 25.1 Å². The Bertz CT molecular complexity index is 751. The Kier molecular flexibility index (Phi) is 2.59. The molecular weight excluding hydrogens is 247 g/mol. The lowest BCUT2D eigenvalue weighted by molar-refractivity contribution is 0.625. The summed E-state index contributed by atoms with van der Waals surface area (Å²) < 4.78 is 13.4. The monoisotopic (exact) mass is 258 g/mol. The van der Waals surface area contributed by atoms with E-state index < -0.39 is 5.82 Å². The Hall–Kier alpha value is -2.57. The fraction of sp³-hybridized carbons (Fsp3) is 0.167. The Morgan fingerprint density at radius 3 is 2.89 bits per heavy atom. The van der Waals surface area contributed by atoms with Gasteiger partial charge in [0.1, 0.15) is 11.2 Å². The van der Waals surface area contributed by atoms with Crippen LogP contribution in [0.15, 0.2) is 18.5 Å². The molecule has 2 N–H and O–H groups in total. The second kappa shape index (κ2) is 4.27. The minimum Gasteiger partial charge on any atom is -0.386 e. The molecule has 0 spiro atoms. The van der Waals surface area contributed by atoms with Gasteiger partial charge in [-0.1, -0.05) is 0 Å². The van der Waals surface area contributed by atoms with Crippen molar-refractivity contribution in [3.63, 3.8) is 0 Å². The average Bonchev–Trinajstić information content (AvgIpc) is 2.82. The molecule has 3 aromatic heterocycles. The molecular formula is C12H11FN6. The summed E-state index contributed by atoms with van der Waals surface area (Å²) in [4.78, 5) is 12.6. The lowest BCUT2D eigenvalue weighted by Crippen LogP contribution is -1.96. The molecule has 3 heterocycles. The summed E-state index contributed by atoms with van der Waals surface area (Å²) in [6.45, 7) is 1.85. The summed E-state index contributed by atoms with van der Waals surface area (Å²) in [6.07, 6.45) is 2.81. The molecule has 3 aromatic rings. The highest BCUT2D eigenvalue weighted by molar-refractivity contribution is 5.86. The largest absolute Gasteiger partial charge is 0.386 e. The smallest absolute Gasteiger partial charge is 0.174 e. The van der Waals surface area contributed by atoms with Gasteiger partial charge in [-0.25, -0.2) is 14.4 Å². The van der Waals surface area contributed by atoms with Gasteiger partial charge in [0.05, 0.1) is 29.5 Å². The standard InChI is InChI=1S/C12H11FN6/c1-6-4-16-12-11(17-6)10(18-19-12)9-3-8(14-2)7(13)5-15-9/h3-5H,1-2H3,(H,14,15)(H,16,18,19). The summed E-state index contributed by atoms with van der Waals surface area (Å²) in [7, 11) is 1.65. The van der Waals surface area contributed by atoms with E-state index in [1.807, 2.05) is 6.92 Å². The number of nitrogens with one attached hydrogen (secondary N) is 2. The van der Waals surface area contributed by atoms with Crippen LogP contribution in [0.25, 0.3) is 22.6 Å². The molecule has 6 nitrogen and oxygen atoms in total. The van der Waals surface area contributed by atoms with E-state index in [4.69, 9.17) is 0 Å². The van der Waals surface area contributed by atoms with Gasteiger partial charge in [0, 0.05) is 7.05 Å². The van der Waals surface area contributed by atoms with E-state index >= 15 is 0 Å². The number of aromatic amines is 1. The first kappa shape index (κ1) is 11.5. The molecule has 0 saturated heterocycles. The van der Waals surface area contributed by atoms with E-state index in [-0.39, 0.29) is 0 Å². The Morgan fingerprint density at radius 2 is 2.11 bits per heavy atom. The van der Waals surface area contributed by atoms with Crippen LogP contribution in [0.1, 0.15) is 5.69 Å². The summed E-state index contributed by atoms with van der Waals surface area (Å²) in [5.74, 6) is -0.409. The highest BCUT2D eigenvalue weighted by Gasteiger charge is 2.13. The van der Waals surface area contributed by atoms with Crippen molar-refractivity contribution < 1.29 is 4.39 Å². The van der Waals surface area contributed by atoms with Crippen LogP contribution in [0, 0.1) is 12.7 Å². The Balaban J connectivity index is 2.21. The van der Waals surface area contributed by atoms with E-state index in [1.54, 1.807) is 19.3 Å². The second-order valence-corrected chi connectivity index (χ2v) is 4.08. The number of aryl methyl sites for hydroxylation is 1. The average molecular weight is 258 g/mol. The number of fused-ring (bicyclic) bond motifs is 1. The summed E-state index contributed by atoms with van der Waals surface area (Å²) >= 11 is 0. The van der Waals surface area contributed by atoms with Gasteiger partial charge in [0.15, 0.2) is 11.5 Å². The number of hydrogen-bond acceptors (Lipinski definition) is 5. The maximum absolute atomic E-state index is 13.4. The van der Waals surface area contributed by atoms with Gasteiger partial charge in [-0.15, -0.1) is 0 Å². The predicted octanol–water partition coefficient (Wildman–Crippen LogP) is 1.90. The topological polar surface area (TPSA) is 79.4 Å². The summed E-state index contributed by atoms with van der Waals surface area (Å²) in [5.41, 5.74) is 3.45. The molecule has 0 atom stereocenters. The van der Waals surface area contributed by atoms with Gasteiger partial charge < -0.3 is 5.32 Å². The van der Waals surface area contributed by atoms with Crippen molar-refractivity contribution in [3.05, 3.63) is 30.0 Å². The number of H-pyrrole nitrogens is 1. The zero-order valence-corrected chi connectivity index (χ0v) is 10.4. The highest BCUT2D eigenvalue weighted by atomic mass is 19.1. The normalized spacial score (nSPS) is 10.9. The van der Waals surface area contributed by atoms with E-state index in [0.29, 0.717) is 28.2 Å². The van der Waals surface area contributed by atoms with Crippen LogP contribution in [-0.2, 0) is 0 Å². The first-order chi connectivity index (χ1) is 9.19. The van der Waals surface area contributed by atoms with Crippen molar-refractivity contribution in [1.29, 1.82) is 0 Å². The van der Waals surface area contributed by atoms with Crippen LogP contribution < -0.4 is 5.32 Å². The quantitative estimate of drug-likeness (QED) is 0.734. The maximum atomic E-state index is 13.4. The number of aromatic nitrogens is 5. The molecule has 7 heteroatoms. The fourth-order valence-electron chi connectivity index (χ4n) is 1.82. The molecule has 0 radical (unpaired) electrons. The lowest BCUT2D eigenvalue weighted by Gasteiger charge is -2.03. The summed E-state index contributed by atoms with van der Waals surface area (Å²) in [5, 5.41) is 9.71. The minimum absolute atomic E-state index is 0.363. The van der Waals surface area contributed by atoms with Crippen LogP contribution >= 0.6 is 0 Å². The molecule has 0 aliphatic heterocycles. The Morgan fingerprint density at radius 1 is 1.26 bits per heavy atom. The van der Waals surface area contributed by atoms with Gasteiger partial charge in [0.2, 0.25) is 0 Å². The van der Waals surface area contributed by atoms with Crippen molar-refractivity contribution >= 4 is 16.9 Å². The van der Waals surface area contributed by atoms with Gasteiger partial charge in [-0.3, -0.25) is 10.1 Å². The van der Waals surface area contributed by atoms with Crippen LogP contribution in [0.2, 0.25) is 0 Å². The molecule has 19 heavy (non-hydrogen) atoms. The van der Waals surface area contributed by atoms with E-state index in [1.165, 1.54) is 0 Å². The number of hydrogen-bond donors (Lipinski definition) is 2. The predicted molar refractivity (Wildman–Crippen MR) is 69.2 cm³/mol. The van der Waals surface area contributed by atoms with E-state index in [2.05, 4.69) is 30.5 Å². The first-order valence-corrected chi connectivity index (χ1v) is 5.70. The van der Waals surface area contributed by atoms with E-state index in [0.717, 1.165) is 11.9 Å². The molecule has 0 unspecified atom stereocenters. The third-order valence-corrected chi connectivity index (χ3v) is 2.76.